The molecular formula is C22H36. The molecule has 0 aromatic rings. The minimum absolute atomic E-state index is 0.213. The quantitative estimate of drug-likeness (QED) is 0.470. The fourth-order valence-electron chi connectivity index (χ4n) is 3.42. The van der Waals surface area contributed by atoms with Crippen molar-refractivity contribution in [3.63, 3.8) is 0 Å². The molecule has 0 heterocycles. The summed E-state index contributed by atoms with van der Waals surface area (Å²) in [4.78, 5) is 0. The molecule has 0 aromatic carbocycles. The van der Waals surface area contributed by atoms with Crippen LogP contribution in [0.5, 0.6) is 0 Å². The summed E-state index contributed by atoms with van der Waals surface area (Å²) in [5.74, 6) is 0. The molecule has 0 radical (unpaired) electrons. The molecule has 124 valence electrons. The van der Waals surface area contributed by atoms with E-state index in [1.165, 1.54) is 56.1 Å². The first kappa shape index (κ1) is 20.7. The maximum atomic E-state index is 4.03. The topological polar surface area (TPSA) is 0 Å². The lowest BCUT2D eigenvalue weighted by Crippen LogP contribution is -2.28. The second-order valence-electron chi connectivity index (χ2n) is 5.34. The number of rotatable bonds is 4. The van der Waals surface area contributed by atoms with Crippen molar-refractivity contribution in [3.05, 3.63) is 60.8 Å². The molecule has 0 nitrogen and oxygen atoms in total. The molecule has 0 bridgehead atoms. The molecular weight excluding hydrogens is 264 g/mol. The van der Waals surface area contributed by atoms with E-state index in [9.17, 15) is 0 Å². The van der Waals surface area contributed by atoms with Crippen molar-refractivity contribution in [1.82, 2.24) is 0 Å². The third-order valence-electron chi connectivity index (χ3n) is 4.32. The van der Waals surface area contributed by atoms with Gasteiger partial charge in [-0.3, -0.25) is 0 Å². The van der Waals surface area contributed by atoms with Gasteiger partial charge in [-0.25, -0.2) is 0 Å². The molecule has 0 saturated heterocycles. The smallest absolute Gasteiger partial charge is 0.0199 e. The molecule has 0 N–H and O–H groups in total. The van der Waals surface area contributed by atoms with E-state index >= 15 is 0 Å². The second-order valence-corrected chi connectivity index (χ2v) is 5.34. The summed E-state index contributed by atoms with van der Waals surface area (Å²) >= 11 is 0. The van der Waals surface area contributed by atoms with E-state index in [-0.39, 0.29) is 5.41 Å². The van der Waals surface area contributed by atoms with Gasteiger partial charge in [0.2, 0.25) is 0 Å². The molecule has 0 heteroatoms. The zero-order valence-corrected chi connectivity index (χ0v) is 15.3. The molecule has 0 aliphatic heterocycles. The summed E-state index contributed by atoms with van der Waals surface area (Å²) in [5.41, 5.74) is 3.09. The van der Waals surface area contributed by atoms with Gasteiger partial charge in [0.15, 0.2) is 0 Å². The summed E-state index contributed by atoms with van der Waals surface area (Å²) in [6.45, 7) is 15.9. The lowest BCUT2D eigenvalue weighted by atomic mass is 9.63. The Labute approximate surface area is 139 Å². The van der Waals surface area contributed by atoms with Crippen LogP contribution in [0.15, 0.2) is 60.8 Å². The Morgan fingerprint density at radius 1 is 1.00 bits per heavy atom. The highest BCUT2D eigenvalue weighted by Gasteiger charge is 2.36. The van der Waals surface area contributed by atoms with Crippen LogP contribution in [-0.4, -0.2) is 0 Å². The molecule has 2 aliphatic carbocycles. The summed E-state index contributed by atoms with van der Waals surface area (Å²) in [5, 5.41) is 0. The van der Waals surface area contributed by atoms with Crippen molar-refractivity contribution in [1.29, 1.82) is 0 Å². The van der Waals surface area contributed by atoms with Crippen LogP contribution < -0.4 is 0 Å². The highest BCUT2D eigenvalue weighted by Crippen LogP contribution is 2.49. The van der Waals surface area contributed by atoms with Crippen molar-refractivity contribution in [2.24, 2.45) is 5.41 Å². The maximum Gasteiger partial charge on any atom is 0.0199 e. The van der Waals surface area contributed by atoms with Gasteiger partial charge in [0, 0.05) is 5.41 Å². The van der Waals surface area contributed by atoms with E-state index in [0.717, 1.165) is 0 Å². The zero-order valence-electron chi connectivity index (χ0n) is 15.3. The summed E-state index contributed by atoms with van der Waals surface area (Å²) in [6, 6.07) is 0. The van der Waals surface area contributed by atoms with Crippen LogP contribution in [0.4, 0.5) is 0 Å². The van der Waals surface area contributed by atoms with Gasteiger partial charge in [-0.1, -0.05) is 96.6 Å². The number of hydrogen-bond donors (Lipinski definition) is 0. The van der Waals surface area contributed by atoms with Crippen LogP contribution in [0.1, 0.15) is 72.6 Å². The molecule has 22 heavy (non-hydrogen) atoms. The van der Waals surface area contributed by atoms with Gasteiger partial charge >= 0.3 is 0 Å². The lowest BCUT2D eigenvalue weighted by Gasteiger charge is -2.40. The minimum atomic E-state index is 0.213. The van der Waals surface area contributed by atoms with Crippen LogP contribution in [0.2, 0.25) is 0 Å². The predicted octanol–water partition coefficient (Wildman–Crippen LogP) is 7.56. The average molecular weight is 301 g/mol. The molecule has 0 atom stereocenters. The number of allylic oxidation sites excluding steroid dienone is 8. The first-order valence-corrected chi connectivity index (χ1v) is 9.16. The van der Waals surface area contributed by atoms with Crippen LogP contribution in [0.25, 0.3) is 0 Å². The van der Waals surface area contributed by atoms with Crippen LogP contribution in [0.3, 0.4) is 0 Å². The van der Waals surface area contributed by atoms with E-state index in [2.05, 4.69) is 37.5 Å². The Kier molecular flexibility index (Phi) is 11.5. The predicted molar refractivity (Wildman–Crippen MR) is 103 cm³/mol. The van der Waals surface area contributed by atoms with Crippen molar-refractivity contribution in [2.75, 3.05) is 0 Å². The third-order valence-corrected chi connectivity index (χ3v) is 4.32. The Morgan fingerprint density at radius 3 is 2.09 bits per heavy atom. The summed E-state index contributed by atoms with van der Waals surface area (Å²) in [7, 11) is 0. The SMILES string of the molecule is C=C/C=C(\C=C)C1(C2=CCCC=C2)CCCCC1.CC.CC. The molecule has 2 rings (SSSR count). The highest BCUT2D eigenvalue weighted by atomic mass is 14.4. The Bertz CT molecular complexity index is 398. The lowest BCUT2D eigenvalue weighted by molar-refractivity contribution is 0.299. The molecule has 0 unspecified atom stereocenters. The van der Waals surface area contributed by atoms with Gasteiger partial charge in [-0.05, 0) is 36.8 Å². The van der Waals surface area contributed by atoms with Crippen molar-refractivity contribution >= 4 is 0 Å². The molecule has 1 saturated carbocycles. The second kappa shape index (κ2) is 12.3. The summed E-state index contributed by atoms with van der Waals surface area (Å²) in [6.07, 6.45) is 22.1. The van der Waals surface area contributed by atoms with Crippen molar-refractivity contribution in [3.8, 4) is 0 Å². The van der Waals surface area contributed by atoms with Crippen LogP contribution in [0, 0.1) is 5.41 Å². The molecule has 1 fully saturated rings. The van der Waals surface area contributed by atoms with Gasteiger partial charge < -0.3 is 0 Å². The fourth-order valence-corrected chi connectivity index (χ4v) is 3.42. The summed E-state index contributed by atoms with van der Waals surface area (Å²) < 4.78 is 0. The van der Waals surface area contributed by atoms with Gasteiger partial charge in [-0.2, -0.15) is 0 Å². The standard InChI is InChI=1S/C18H24.2C2H6/c1-3-11-16(4-2)18(14-9-6-10-15-18)17-12-7-5-8-13-17;2*1-2/h3-4,7,11-13H,1-2,5-6,8-10,14-15H2;2*1-2H3/b16-11+;;. The average Bonchev–Trinajstić information content (AvgIpc) is 2.64. The molecule has 2 aliphatic rings. The Hall–Kier alpha value is -1.30. The minimum Gasteiger partial charge on any atom is -0.0991 e. The van der Waals surface area contributed by atoms with Crippen LogP contribution >= 0.6 is 0 Å². The first-order chi connectivity index (χ1) is 10.8. The normalized spacial score (nSPS) is 19.6. The highest BCUT2D eigenvalue weighted by molar-refractivity contribution is 5.43. The van der Waals surface area contributed by atoms with Gasteiger partial charge in [0.25, 0.3) is 0 Å². The third kappa shape index (κ3) is 5.16. The Balaban J connectivity index is 0.00000102. The van der Waals surface area contributed by atoms with E-state index in [1.54, 1.807) is 0 Å². The maximum absolute atomic E-state index is 4.03. The van der Waals surface area contributed by atoms with E-state index < -0.39 is 0 Å². The largest absolute Gasteiger partial charge is 0.0991 e. The van der Waals surface area contributed by atoms with E-state index in [1.807, 2.05) is 39.8 Å². The monoisotopic (exact) mass is 300 g/mol. The van der Waals surface area contributed by atoms with Gasteiger partial charge in [0.1, 0.15) is 0 Å². The zero-order chi connectivity index (χ0) is 16.8. The van der Waals surface area contributed by atoms with Gasteiger partial charge in [-0.15, -0.1) is 0 Å². The van der Waals surface area contributed by atoms with Crippen LogP contribution in [-0.2, 0) is 0 Å². The fraction of sp³-hybridized carbons (Fsp3) is 0.545. The van der Waals surface area contributed by atoms with E-state index in [4.69, 9.17) is 0 Å². The first-order valence-electron chi connectivity index (χ1n) is 9.16. The molecule has 0 spiro atoms. The van der Waals surface area contributed by atoms with Crippen molar-refractivity contribution < 1.29 is 0 Å². The van der Waals surface area contributed by atoms with E-state index in [0.29, 0.717) is 0 Å². The molecule has 0 aromatic heterocycles. The van der Waals surface area contributed by atoms with Gasteiger partial charge in [0.05, 0.1) is 0 Å². The molecule has 0 amide bonds. The van der Waals surface area contributed by atoms with Crippen molar-refractivity contribution in [2.45, 2.75) is 72.6 Å². The Morgan fingerprint density at radius 2 is 1.64 bits per heavy atom. The number of hydrogen-bond acceptors (Lipinski definition) is 0.